The van der Waals surface area contributed by atoms with Crippen LogP contribution >= 0.6 is 11.5 Å². The van der Waals surface area contributed by atoms with Crippen molar-refractivity contribution in [3.8, 4) is 11.5 Å². The molecule has 8 heteroatoms. The number of benzene rings is 1. The molecule has 1 aromatic carbocycles. The molecule has 20 heavy (non-hydrogen) atoms. The molecule has 2 aromatic rings. The number of hydrogen-bond acceptors (Lipinski definition) is 7. The standard InChI is InChI=1S/C12H12N4O3S/c1-6(9-5-8(17)3-4-10(9)18)13-15-12(19)11-7(2)14-16-20-11/h3-5,17-18H,1-2H3,(H,15,19)/b13-6-. The molecule has 1 aromatic heterocycles. The fourth-order valence-corrected chi connectivity index (χ4v) is 2.05. The molecule has 0 aliphatic heterocycles. The fraction of sp³-hybridized carbons (Fsp3) is 0.167. The Morgan fingerprint density at radius 3 is 2.80 bits per heavy atom. The Kier molecular flexibility index (Phi) is 3.94. The fourth-order valence-electron chi connectivity index (χ4n) is 1.50. The summed E-state index contributed by atoms with van der Waals surface area (Å²) in [6.45, 7) is 3.28. The van der Waals surface area contributed by atoms with Crippen LogP contribution < -0.4 is 5.43 Å². The molecule has 0 saturated carbocycles. The number of carbonyl (C=O) groups is 1. The highest BCUT2D eigenvalue weighted by Gasteiger charge is 2.13. The maximum absolute atomic E-state index is 11.8. The highest BCUT2D eigenvalue weighted by atomic mass is 32.1. The molecule has 3 N–H and O–H groups in total. The number of nitrogens with one attached hydrogen (secondary N) is 1. The highest BCUT2D eigenvalue weighted by Crippen LogP contribution is 2.22. The molecule has 0 spiro atoms. The Morgan fingerprint density at radius 2 is 2.15 bits per heavy atom. The van der Waals surface area contributed by atoms with E-state index in [0.29, 0.717) is 21.8 Å². The van der Waals surface area contributed by atoms with Gasteiger partial charge in [0, 0.05) is 5.56 Å². The average molecular weight is 292 g/mol. The molecule has 0 unspecified atom stereocenters. The summed E-state index contributed by atoms with van der Waals surface area (Å²) in [7, 11) is 0. The lowest BCUT2D eigenvalue weighted by molar-refractivity contribution is 0.0958. The minimum absolute atomic E-state index is 0.00109. The molecular formula is C12H12N4O3S. The summed E-state index contributed by atoms with van der Waals surface area (Å²) in [4.78, 5) is 12.2. The molecule has 0 aliphatic rings. The van der Waals surface area contributed by atoms with Gasteiger partial charge in [-0.3, -0.25) is 4.79 Å². The van der Waals surface area contributed by atoms with E-state index in [1.54, 1.807) is 13.8 Å². The molecule has 0 saturated heterocycles. The van der Waals surface area contributed by atoms with Crippen LogP contribution in [0.5, 0.6) is 11.5 Å². The predicted octanol–water partition coefficient (Wildman–Crippen LogP) is 1.41. The number of phenolic OH excluding ortho intramolecular Hbond substituents is 2. The van der Waals surface area contributed by atoms with Crippen LogP contribution in [0.25, 0.3) is 0 Å². The third kappa shape index (κ3) is 2.91. The van der Waals surface area contributed by atoms with Gasteiger partial charge in [-0.1, -0.05) is 4.49 Å². The maximum Gasteiger partial charge on any atom is 0.285 e. The molecule has 0 fully saturated rings. The van der Waals surface area contributed by atoms with Crippen LogP contribution in [0.15, 0.2) is 23.3 Å². The average Bonchev–Trinajstić information content (AvgIpc) is 2.84. The number of hydrogen-bond donors (Lipinski definition) is 3. The lowest BCUT2D eigenvalue weighted by Gasteiger charge is -2.05. The SMILES string of the molecule is C/C(=N/NC(=O)c1snnc1C)c1cc(O)ccc1O. The van der Waals surface area contributed by atoms with Gasteiger partial charge in [0.2, 0.25) is 0 Å². The third-order valence-electron chi connectivity index (χ3n) is 2.55. The number of nitrogens with zero attached hydrogens (tertiary/aromatic N) is 3. The maximum atomic E-state index is 11.8. The normalized spacial score (nSPS) is 11.4. The van der Waals surface area contributed by atoms with Crippen LogP contribution in [-0.2, 0) is 0 Å². The van der Waals surface area contributed by atoms with Gasteiger partial charge in [-0.25, -0.2) is 5.43 Å². The Hall–Kier alpha value is -2.48. The molecule has 0 atom stereocenters. The number of aryl methyl sites for hydroxylation is 1. The Balaban J connectivity index is 2.17. The van der Waals surface area contributed by atoms with Crippen molar-refractivity contribution in [2.24, 2.45) is 5.10 Å². The van der Waals surface area contributed by atoms with Crippen molar-refractivity contribution in [1.82, 2.24) is 15.0 Å². The largest absolute Gasteiger partial charge is 0.508 e. The number of aromatic hydroxyl groups is 2. The topological polar surface area (TPSA) is 108 Å². The van der Waals surface area contributed by atoms with Crippen molar-refractivity contribution in [3.63, 3.8) is 0 Å². The van der Waals surface area contributed by atoms with Gasteiger partial charge in [0.25, 0.3) is 5.91 Å². The van der Waals surface area contributed by atoms with E-state index in [9.17, 15) is 15.0 Å². The first-order valence-electron chi connectivity index (χ1n) is 5.65. The van der Waals surface area contributed by atoms with Gasteiger partial charge < -0.3 is 10.2 Å². The quantitative estimate of drug-likeness (QED) is 0.450. The molecule has 1 amide bonds. The zero-order valence-electron chi connectivity index (χ0n) is 10.8. The molecule has 7 nitrogen and oxygen atoms in total. The second-order valence-electron chi connectivity index (χ2n) is 4.03. The van der Waals surface area contributed by atoms with Crippen LogP contribution in [0.2, 0.25) is 0 Å². The lowest BCUT2D eigenvalue weighted by atomic mass is 10.1. The van der Waals surface area contributed by atoms with E-state index in [2.05, 4.69) is 20.1 Å². The molecule has 1 heterocycles. The van der Waals surface area contributed by atoms with E-state index in [1.807, 2.05) is 0 Å². The summed E-state index contributed by atoms with van der Waals surface area (Å²) in [5.41, 5.74) is 3.59. The first-order valence-corrected chi connectivity index (χ1v) is 6.42. The molecule has 104 valence electrons. The van der Waals surface area contributed by atoms with E-state index in [4.69, 9.17) is 0 Å². The van der Waals surface area contributed by atoms with Gasteiger partial charge in [0.15, 0.2) is 0 Å². The summed E-state index contributed by atoms with van der Waals surface area (Å²) >= 11 is 0.979. The highest BCUT2D eigenvalue weighted by molar-refractivity contribution is 7.07. The zero-order chi connectivity index (χ0) is 14.7. The summed E-state index contributed by atoms with van der Waals surface area (Å²) < 4.78 is 3.66. The van der Waals surface area contributed by atoms with E-state index in [-0.39, 0.29) is 11.5 Å². The van der Waals surface area contributed by atoms with E-state index < -0.39 is 5.91 Å². The molecule has 0 radical (unpaired) electrons. The minimum Gasteiger partial charge on any atom is -0.508 e. The predicted molar refractivity (Wildman–Crippen MR) is 74.1 cm³/mol. The van der Waals surface area contributed by atoms with Crippen molar-refractivity contribution >= 4 is 23.2 Å². The number of aromatic nitrogens is 2. The molecule has 0 aliphatic carbocycles. The van der Waals surface area contributed by atoms with Crippen LogP contribution in [0.4, 0.5) is 0 Å². The van der Waals surface area contributed by atoms with Crippen molar-refractivity contribution in [1.29, 1.82) is 0 Å². The smallest absolute Gasteiger partial charge is 0.285 e. The van der Waals surface area contributed by atoms with Crippen molar-refractivity contribution in [3.05, 3.63) is 34.3 Å². The van der Waals surface area contributed by atoms with Crippen LogP contribution in [0, 0.1) is 6.92 Å². The zero-order valence-corrected chi connectivity index (χ0v) is 11.6. The number of phenols is 2. The molecule has 2 rings (SSSR count). The summed E-state index contributed by atoms with van der Waals surface area (Å²) in [5.74, 6) is -0.452. The van der Waals surface area contributed by atoms with Gasteiger partial charge in [0.05, 0.1) is 11.4 Å². The van der Waals surface area contributed by atoms with Gasteiger partial charge in [-0.05, 0) is 43.6 Å². The summed E-state index contributed by atoms with van der Waals surface area (Å²) in [6, 6.07) is 4.07. The van der Waals surface area contributed by atoms with Crippen LogP contribution in [-0.4, -0.2) is 31.4 Å². The second-order valence-corrected chi connectivity index (χ2v) is 4.78. The van der Waals surface area contributed by atoms with Crippen molar-refractivity contribution < 1.29 is 15.0 Å². The Bertz CT molecular complexity index is 681. The van der Waals surface area contributed by atoms with Gasteiger partial charge in [-0.15, -0.1) is 5.10 Å². The van der Waals surface area contributed by atoms with Gasteiger partial charge >= 0.3 is 0 Å². The monoisotopic (exact) mass is 292 g/mol. The summed E-state index contributed by atoms with van der Waals surface area (Å²) in [5, 5.41) is 26.7. The van der Waals surface area contributed by atoms with Crippen LogP contribution in [0.1, 0.15) is 27.9 Å². The second kappa shape index (κ2) is 5.66. The molecular weight excluding hydrogens is 280 g/mol. The first kappa shape index (κ1) is 13.9. The van der Waals surface area contributed by atoms with E-state index >= 15 is 0 Å². The minimum atomic E-state index is -0.420. The van der Waals surface area contributed by atoms with Gasteiger partial charge in [-0.2, -0.15) is 5.10 Å². The van der Waals surface area contributed by atoms with Gasteiger partial charge in [0.1, 0.15) is 16.4 Å². The molecule has 0 bridgehead atoms. The number of hydrazone groups is 1. The Labute approximate surface area is 118 Å². The number of carbonyl (C=O) groups excluding carboxylic acids is 1. The number of rotatable bonds is 3. The third-order valence-corrected chi connectivity index (χ3v) is 3.38. The van der Waals surface area contributed by atoms with E-state index in [0.717, 1.165) is 11.5 Å². The van der Waals surface area contributed by atoms with Crippen LogP contribution in [0.3, 0.4) is 0 Å². The summed E-state index contributed by atoms with van der Waals surface area (Å²) in [6.07, 6.45) is 0. The Morgan fingerprint density at radius 1 is 1.40 bits per heavy atom. The van der Waals surface area contributed by atoms with Crippen molar-refractivity contribution in [2.75, 3.05) is 0 Å². The van der Waals surface area contributed by atoms with Crippen molar-refractivity contribution in [2.45, 2.75) is 13.8 Å². The lowest BCUT2D eigenvalue weighted by Crippen LogP contribution is -2.19. The first-order chi connectivity index (χ1) is 9.49. The van der Waals surface area contributed by atoms with E-state index in [1.165, 1.54) is 18.2 Å². The number of amides is 1.